The maximum atomic E-state index is 12.8. The Morgan fingerprint density at radius 3 is 2.68 bits per heavy atom. The van der Waals surface area contributed by atoms with E-state index in [1.54, 1.807) is 12.1 Å². The van der Waals surface area contributed by atoms with Crippen LogP contribution < -0.4 is 0 Å². The molecule has 0 N–H and O–H groups in total. The van der Waals surface area contributed by atoms with Gasteiger partial charge in [0.15, 0.2) is 5.69 Å². The quantitative estimate of drug-likeness (QED) is 0.680. The van der Waals surface area contributed by atoms with Crippen LogP contribution in [0.3, 0.4) is 0 Å². The van der Waals surface area contributed by atoms with Crippen LogP contribution in [0.25, 0.3) is 0 Å². The van der Waals surface area contributed by atoms with E-state index in [4.69, 9.17) is 32.4 Å². The SMILES string of the molecule is COCCN(Cc1nc(C(=O)OC)co1)C(=O)c1ccc(Cl)cc1Cl. The number of oxazole rings is 1. The molecule has 0 fully saturated rings. The van der Waals surface area contributed by atoms with Gasteiger partial charge in [0.2, 0.25) is 5.89 Å². The zero-order chi connectivity index (χ0) is 18.4. The number of benzene rings is 1. The van der Waals surface area contributed by atoms with Crippen LogP contribution >= 0.6 is 23.2 Å². The van der Waals surface area contributed by atoms with Crippen LogP contribution in [0.2, 0.25) is 10.0 Å². The molecule has 0 saturated heterocycles. The molecule has 0 atom stereocenters. The molecule has 1 aromatic carbocycles. The van der Waals surface area contributed by atoms with Crippen LogP contribution in [0.5, 0.6) is 0 Å². The highest BCUT2D eigenvalue weighted by Crippen LogP contribution is 2.23. The Labute approximate surface area is 154 Å². The molecule has 1 amide bonds. The molecule has 7 nitrogen and oxygen atoms in total. The zero-order valence-corrected chi connectivity index (χ0v) is 15.1. The van der Waals surface area contributed by atoms with E-state index in [0.717, 1.165) is 0 Å². The number of ether oxygens (including phenoxy) is 2. The molecule has 0 aliphatic heterocycles. The average molecular weight is 387 g/mol. The van der Waals surface area contributed by atoms with Gasteiger partial charge >= 0.3 is 5.97 Å². The van der Waals surface area contributed by atoms with Gasteiger partial charge in [-0.05, 0) is 18.2 Å². The second-order valence-corrected chi connectivity index (χ2v) is 5.81. The van der Waals surface area contributed by atoms with Crippen molar-refractivity contribution in [2.24, 2.45) is 0 Å². The Kier molecular flexibility index (Phi) is 6.81. The van der Waals surface area contributed by atoms with E-state index in [0.29, 0.717) is 17.2 Å². The van der Waals surface area contributed by atoms with Gasteiger partial charge in [0.1, 0.15) is 6.26 Å². The van der Waals surface area contributed by atoms with Crippen molar-refractivity contribution in [2.45, 2.75) is 6.54 Å². The van der Waals surface area contributed by atoms with Gasteiger partial charge in [0.05, 0.1) is 30.8 Å². The number of aromatic nitrogens is 1. The standard InChI is InChI=1S/C16H16Cl2N2O5/c1-23-6-5-20(8-14-19-13(9-25-14)16(22)24-2)15(21)11-4-3-10(17)7-12(11)18/h3-4,7,9H,5-6,8H2,1-2H3. The summed E-state index contributed by atoms with van der Waals surface area (Å²) in [5.41, 5.74) is 0.322. The van der Waals surface area contributed by atoms with E-state index in [1.165, 1.54) is 31.4 Å². The van der Waals surface area contributed by atoms with Crippen molar-refractivity contribution in [1.29, 1.82) is 0 Å². The van der Waals surface area contributed by atoms with E-state index in [9.17, 15) is 9.59 Å². The van der Waals surface area contributed by atoms with Crippen molar-refractivity contribution in [3.63, 3.8) is 0 Å². The van der Waals surface area contributed by atoms with E-state index < -0.39 is 5.97 Å². The molecule has 0 unspecified atom stereocenters. The number of halogens is 2. The topological polar surface area (TPSA) is 81.9 Å². The van der Waals surface area contributed by atoms with Crippen molar-refractivity contribution in [2.75, 3.05) is 27.4 Å². The summed E-state index contributed by atoms with van der Waals surface area (Å²) >= 11 is 12.0. The highest BCUT2D eigenvalue weighted by atomic mass is 35.5. The molecule has 0 bridgehead atoms. The number of methoxy groups -OCH3 is 2. The lowest BCUT2D eigenvalue weighted by molar-refractivity contribution is 0.0594. The number of esters is 1. The summed E-state index contributed by atoms with van der Waals surface area (Å²) in [6.07, 6.45) is 1.18. The molecule has 2 rings (SSSR count). The third-order valence-electron chi connectivity index (χ3n) is 3.29. The summed E-state index contributed by atoms with van der Waals surface area (Å²) in [4.78, 5) is 29.7. The first-order valence-electron chi connectivity index (χ1n) is 7.22. The molecular formula is C16H16Cl2N2O5. The van der Waals surface area contributed by atoms with Crippen LogP contribution in [-0.4, -0.2) is 49.1 Å². The molecular weight excluding hydrogens is 371 g/mol. The average Bonchev–Trinajstić information content (AvgIpc) is 3.06. The van der Waals surface area contributed by atoms with Crippen molar-refractivity contribution < 1.29 is 23.5 Å². The number of hydrogen-bond donors (Lipinski definition) is 0. The van der Waals surface area contributed by atoms with Crippen molar-refractivity contribution in [1.82, 2.24) is 9.88 Å². The Morgan fingerprint density at radius 2 is 2.04 bits per heavy atom. The van der Waals surface area contributed by atoms with Crippen molar-refractivity contribution in [3.8, 4) is 0 Å². The lowest BCUT2D eigenvalue weighted by Gasteiger charge is -2.21. The van der Waals surface area contributed by atoms with Gasteiger partial charge in [0.25, 0.3) is 5.91 Å². The minimum atomic E-state index is -0.620. The second kappa shape index (κ2) is 8.84. The predicted octanol–water partition coefficient (Wildman–Crippen LogP) is 3.06. The van der Waals surface area contributed by atoms with Gasteiger partial charge in [-0.25, -0.2) is 9.78 Å². The highest BCUT2D eigenvalue weighted by Gasteiger charge is 2.22. The lowest BCUT2D eigenvalue weighted by Crippen LogP contribution is -2.33. The lowest BCUT2D eigenvalue weighted by atomic mass is 10.2. The fraction of sp³-hybridized carbons (Fsp3) is 0.312. The maximum Gasteiger partial charge on any atom is 0.360 e. The largest absolute Gasteiger partial charge is 0.464 e. The maximum absolute atomic E-state index is 12.8. The molecule has 134 valence electrons. The van der Waals surface area contributed by atoms with Gasteiger partial charge in [-0.15, -0.1) is 0 Å². The number of amides is 1. The molecule has 0 aliphatic carbocycles. The molecule has 0 saturated carbocycles. The van der Waals surface area contributed by atoms with Gasteiger partial charge in [-0.2, -0.15) is 0 Å². The number of carbonyl (C=O) groups is 2. The molecule has 1 aromatic heterocycles. The summed E-state index contributed by atoms with van der Waals surface area (Å²) in [5.74, 6) is -0.767. The van der Waals surface area contributed by atoms with Gasteiger partial charge in [-0.3, -0.25) is 4.79 Å². The summed E-state index contributed by atoms with van der Waals surface area (Å²) in [6.45, 7) is 0.629. The summed E-state index contributed by atoms with van der Waals surface area (Å²) < 4.78 is 14.8. The molecule has 9 heteroatoms. The molecule has 25 heavy (non-hydrogen) atoms. The van der Waals surface area contributed by atoms with Gasteiger partial charge in [-0.1, -0.05) is 23.2 Å². The predicted molar refractivity (Wildman–Crippen MR) is 90.9 cm³/mol. The Morgan fingerprint density at radius 1 is 1.28 bits per heavy atom. The molecule has 1 heterocycles. The summed E-state index contributed by atoms with van der Waals surface area (Å²) in [5, 5.41) is 0.669. The summed E-state index contributed by atoms with van der Waals surface area (Å²) in [7, 11) is 2.77. The Bertz CT molecular complexity index is 763. The first kappa shape index (κ1) is 19.2. The monoisotopic (exact) mass is 386 g/mol. The number of rotatable bonds is 7. The van der Waals surface area contributed by atoms with E-state index >= 15 is 0 Å². The molecule has 2 aromatic rings. The second-order valence-electron chi connectivity index (χ2n) is 4.96. The first-order valence-corrected chi connectivity index (χ1v) is 7.97. The third kappa shape index (κ3) is 4.94. The van der Waals surface area contributed by atoms with E-state index in [2.05, 4.69) is 9.72 Å². The summed E-state index contributed by atoms with van der Waals surface area (Å²) in [6, 6.07) is 4.61. The smallest absolute Gasteiger partial charge is 0.360 e. The fourth-order valence-corrected chi connectivity index (χ4v) is 2.52. The Hall–Kier alpha value is -2.09. The molecule has 0 radical (unpaired) electrons. The highest BCUT2D eigenvalue weighted by molar-refractivity contribution is 6.36. The van der Waals surface area contributed by atoms with E-state index in [-0.39, 0.29) is 35.6 Å². The van der Waals surface area contributed by atoms with Crippen LogP contribution in [-0.2, 0) is 16.0 Å². The van der Waals surface area contributed by atoms with E-state index in [1.807, 2.05) is 0 Å². The fourth-order valence-electron chi connectivity index (χ4n) is 2.03. The minimum absolute atomic E-state index is 0.0289. The van der Waals surface area contributed by atoms with Crippen LogP contribution in [0, 0.1) is 0 Å². The van der Waals surface area contributed by atoms with Crippen molar-refractivity contribution >= 4 is 35.1 Å². The zero-order valence-electron chi connectivity index (χ0n) is 13.6. The normalized spacial score (nSPS) is 10.6. The Balaban J connectivity index is 2.21. The van der Waals surface area contributed by atoms with Gasteiger partial charge < -0.3 is 18.8 Å². The van der Waals surface area contributed by atoms with Gasteiger partial charge in [0, 0.05) is 18.7 Å². The molecule has 0 spiro atoms. The van der Waals surface area contributed by atoms with Crippen LogP contribution in [0.1, 0.15) is 26.7 Å². The minimum Gasteiger partial charge on any atom is -0.464 e. The number of carbonyl (C=O) groups excluding carboxylic acids is 2. The van der Waals surface area contributed by atoms with Crippen LogP contribution in [0.15, 0.2) is 28.9 Å². The molecule has 0 aliphatic rings. The third-order valence-corrected chi connectivity index (χ3v) is 3.83. The number of nitrogens with zero attached hydrogens (tertiary/aromatic N) is 2. The first-order chi connectivity index (χ1) is 12.0. The number of hydrogen-bond acceptors (Lipinski definition) is 6. The van der Waals surface area contributed by atoms with Crippen molar-refractivity contribution in [3.05, 3.63) is 51.7 Å². The van der Waals surface area contributed by atoms with Crippen LogP contribution in [0.4, 0.5) is 0 Å².